The summed E-state index contributed by atoms with van der Waals surface area (Å²) < 4.78 is 31.0. The molecule has 0 saturated carbocycles. The van der Waals surface area contributed by atoms with Crippen LogP contribution < -0.4 is 10.0 Å². The van der Waals surface area contributed by atoms with Crippen LogP contribution in [0.15, 0.2) is 0 Å². The molecule has 0 aromatic heterocycles. The van der Waals surface area contributed by atoms with Crippen molar-refractivity contribution < 1.29 is 13.2 Å². The van der Waals surface area contributed by atoms with Crippen LogP contribution in [0.4, 0.5) is 0 Å². The average Bonchev–Trinajstić information content (AvgIpc) is 2.17. The molecule has 1 aliphatic heterocycles. The molecule has 1 aliphatic rings. The Kier molecular flexibility index (Phi) is 5.68. The normalized spacial score (nSPS) is 26.9. The second kappa shape index (κ2) is 6.54. The van der Waals surface area contributed by atoms with Gasteiger partial charge in [-0.25, -0.2) is 13.1 Å². The summed E-state index contributed by atoms with van der Waals surface area (Å²) in [6.45, 7) is 3.45. The van der Waals surface area contributed by atoms with E-state index in [1.165, 1.54) is 0 Å². The molecule has 2 atom stereocenters. The molecule has 1 saturated heterocycles. The molecule has 1 fully saturated rings. The van der Waals surface area contributed by atoms with Crippen LogP contribution in [0.1, 0.15) is 26.2 Å². The van der Waals surface area contributed by atoms with Crippen molar-refractivity contribution in [3.63, 3.8) is 0 Å². The monoisotopic (exact) mass is 250 g/mol. The van der Waals surface area contributed by atoms with E-state index >= 15 is 0 Å². The summed E-state index contributed by atoms with van der Waals surface area (Å²) in [6.07, 6.45) is 2.28. The largest absolute Gasteiger partial charge is 0.385 e. The van der Waals surface area contributed by atoms with Gasteiger partial charge in [0.05, 0.1) is 5.75 Å². The number of nitrogens with one attached hydrogen (secondary N) is 2. The third-order valence-electron chi connectivity index (χ3n) is 2.73. The minimum Gasteiger partial charge on any atom is -0.385 e. The van der Waals surface area contributed by atoms with E-state index in [4.69, 9.17) is 4.74 Å². The number of sulfonamides is 1. The molecule has 1 rings (SSSR count). The van der Waals surface area contributed by atoms with E-state index in [-0.39, 0.29) is 11.8 Å². The number of methoxy groups -OCH3 is 1. The Hall–Kier alpha value is -0.170. The van der Waals surface area contributed by atoms with Gasteiger partial charge in [0.1, 0.15) is 0 Å². The molecule has 6 heteroatoms. The number of rotatable bonds is 6. The number of hydrogen-bond donors (Lipinski definition) is 2. The Morgan fingerprint density at radius 3 is 2.88 bits per heavy atom. The molecule has 2 N–H and O–H groups in total. The van der Waals surface area contributed by atoms with Gasteiger partial charge in [-0.2, -0.15) is 0 Å². The van der Waals surface area contributed by atoms with Gasteiger partial charge in [-0.3, -0.25) is 0 Å². The number of hydrogen-bond acceptors (Lipinski definition) is 4. The highest BCUT2D eigenvalue weighted by molar-refractivity contribution is 7.89. The number of ether oxygens (including phenoxy) is 1. The molecule has 0 bridgehead atoms. The van der Waals surface area contributed by atoms with Crippen molar-refractivity contribution in [1.29, 1.82) is 0 Å². The van der Waals surface area contributed by atoms with Gasteiger partial charge in [0, 0.05) is 25.8 Å². The van der Waals surface area contributed by atoms with E-state index in [0.29, 0.717) is 19.1 Å². The second-order valence-corrected chi connectivity index (χ2v) is 6.23. The molecular weight excluding hydrogens is 228 g/mol. The zero-order valence-electron chi connectivity index (χ0n) is 10.0. The van der Waals surface area contributed by atoms with Gasteiger partial charge in [-0.15, -0.1) is 0 Å². The molecular formula is C10H22N2O3S. The van der Waals surface area contributed by atoms with Crippen LogP contribution in [-0.2, 0) is 14.8 Å². The fourth-order valence-electron chi connectivity index (χ4n) is 1.95. The Labute approximate surface area is 98.0 Å². The average molecular weight is 250 g/mol. The van der Waals surface area contributed by atoms with Crippen LogP contribution in [-0.4, -0.2) is 46.5 Å². The summed E-state index contributed by atoms with van der Waals surface area (Å²) in [6, 6.07) is 0.476. The predicted molar refractivity (Wildman–Crippen MR) is 63.9 cm³/mol. The SMILES string of the molecule is COCCCS(=O)(=O)NC1CCNC(C)C1. The second-order valence-electron chi connectivity index (χ2n) is 4.36. The summed E-state index contributed by atoms with van der Waals surface area (Å²) in [5.41, 5.74) is 0. The maximum Gasteiger partial charge on any atom is 0.211 e. The predicted octanol–water partition coefficient (Wildman–Crippen LogP) is 0.0828. The fourth-order valence-corrected chi connectivity index (χ4v) is 3.28. The maximum atomic E-state index is 11.7. The summed E-state index contributed by atoms with van der Waals surface area (Å²) in [5, 5.41) is 3.30. The van der Waals surface area contributed by atoms with Crippen molar-refractivity contribution in [3.05, 3.63) is 0 Å². The van der Waals surface area contributed by atoms with E-state index in [2.05, 4.69) is 17.0 Å². The minimum absolute atomic E-state index is 0.0868. The first-order chi connectivity index (χ1) is 7.53. The third-order valence-corrected chi connectivity index (χ3v) is 4.25. The van der Waals surface area contributed by atoms with Gasteiger partial charge in [0.15, 0.2) is 0 Å². The first-order valence-corrected chi connectivity index (χ1v) is 7.41. The van der Waals surface area contributed by atoms with E-state index in [0.717, 1.165) is 19.4 Å². The molecule has 0 aromatic carbocycles. The highest BCUT2D eigenvalue weighted by Crippen LogP contribution is 2.09. The van der Waals surface area contributed by atoms with Gasteiger partial charge in [-0.1, -0.05) is 0 Å². The van der Waals surface area contributed by atoms with Crippen LogP contribution in [0.5, 0.6) is 0 Å². The van der Waals surface area contributed by atoms with Crippen LogP contribution >= 0.6 is 0 Å². The van der Waals surface area contributed by atoms with Gasteiger partial charge < -0.3 is 10.1 Å². The van der Waals surface area contributed by atoms with Crippen molar-refractivity contribution in [2.24, 2.45) is 0 Å². The molecule has 0 aliphatic carbocycles. The lowest BCUT2D eigenvalue weighted by molar-refractivity contribution is 0.199. The van der Waals surface area contributed by atoms with Crippen molar-refractivity contribution in [1.82, 2.24) is 10.0 Å². The molecule has 5 nitrogen and oxygen atoms in total. The van der Waals surface area contributed by atoms with Crippen molar-refractivity contribution in [3.8, 4) is 0 Å². The van der Waals surface area contributed by atoms with E-state index in [9.17, 15) is 8.42 Å². The first-order valence-electron chi connectivity index (χ1n) is 5.76. The number of piperidine rings is 1. The molecule has 16 heavy (non-hydrogen) atoms. The maximum absolute atomic E-state index is 11.7. The minimum atomic E-state index is -3.13. The lowest BCUT2D eigenvalue weighted by Gasteiger charge is -2.28. The quantitative estimate of drug-likeness (QED) is 0.655. The van der Waals surface area contributed by atoms with Crippen LogP contribution in [0.2, 0.25) is 0 Å². The lowest BCUT2D eigenvalue weighted by Crippen LogP contribution is -2.47. The summed E-state index contributed by atoms with van der Waals surface area (Å²) in [4.78, 5) is 0. The molecule has 0 radical (unpaired) electrons. The topological polar surface area (TPSA) is 67.4 Å². The third kappa shape index (κ3) is 5.25. The zero-order chi connectivity index (χ0) is 12.0. The molecule has 0 spiro atoms. The van der Waals surface area contributed by atoms with Crippen LogP contribution in [0, 0.1) is 0 Å². The van der Waals surface area contributed by atoms with Crippen LogP contribution in [0.3, 0.4) is 0 Å². The van der Waals surface area contributed by atoms with Crippen molar-refractivity contribution in [2.75, 3.05) is 26.0 Å². The van der Waals surface area contributed by atoms with Gasteiger partial charge in [0.25, 0.3) is 0 Å². The summed E-state index contributed by atoms with van der Waals surface area (Å²) in [7, 11) is -1.56. The fraction of sp³-hybridized carbons (Fsp3) is 1.00. The highest BCUT2D eigenvalue weighted by atomic mass is 32.2. The first kappa shape index (κ1) is 13.9. The van der Waals surface area contributed by atoms with Crippen LogP contribution in [0.25, 0.3) is 0 Å². The highest BCUT2D eigenvalue weighted by Gasteiger charge is 2.22. The molecule has 2 unspecified atom stereocenters. The summed E-state index contributed by atoms with van der Waals surface area (Å²) in [5.74, 6) is 0.152. The van der Waals surface area contributed by atoms with Crippen molar-refractivity contribution >= 4 is 10.0 Å². The Bertz CT molecular complexity index is 292. The Morgan fingerprint density at radius 2 is 2.25 bits per heavy atom. The van der Waals surface area contributed by atoms with E-state index in [1.54, 1.807) is 7.11 Å². The van der Waals surface area contributed by atoms with E-state index < -0.39 is 10.0 Å². The van der Waals surface area contributed by atoms with Gasteiger partial charge in [0.2, 0.25) is 10.0 Å². The van der Waals surface area contributed by atoms with Gasteiger partial charge in [-0.05, 0) is 32.7 Å². The van der Waals surface area contributed by atoms with Gasteiger partial charge >= 0.3 is 0 Å². The molecule has 1 heterocycles. The molecule has 0 amide bonds. The molecule has 96 valence electrons. The zero-order valence-corrected chi connectivity index (χ0v) is 10.8. The standard InChI is InChI=1S/C10H22N2O3S/c1-9-8-10(4-5-11-9)12-16(13,14)7-3-6-15-2/h9-12H,3-8H2,1-2H3. The Morgan fingerprint density at radius 1 is 1.50 bits per heavy atom. The van der Waals surface area contributed by atoms with Crippen molar-refractivity contribution in [2.45, 2.75) is 38.3 Å². The lowest BCUT2D eigenvalue weighted by atomic mass is 10.0. The smallest absolute Gasteiger partial charge is 0.211 e. The molecule has 0 aromatic rings. The summed E-state index contributed by atoms with van der Waals surface area (Å²) >= 11 is 0. The van der Waals surface area contributed by atoms with E-state index in [1.807, 2.05) is 0 Å². The Balaban J connectivity index is 2.33.